The van der Waals surface area contributed by atoms with Crippen molar-refractivity contribution >= 4 is 0 Å². The molecule has 0 aromatic heterocycles. The monoisotopic (exact) mass is 186 g/mol. The van der Waals surface area contributed by atoms with Gasteiger partial charge in [-0.2, -0.15) is 0 Å². The zero-order valence-electron chi connectivity index (χ0n) is 9.77. The Kier molecular flexibility index (Phi) is 8.46. The lowest BCUT2D eigenvalue weighted by molar-refractivity contribution is 0.252. The first kappa shape index (κ1) is 12.9. The molecule has 13 heavy (non-hydrogen) atoms. The minimum Gasteiger partial charge on any atom is -0.315 e. The molecule has 0 radical (unpaired) electrons. The maximum atomic E-state index is 3.45. The maximum absolute atomic E-state index is 3.45. The van der Waals surface area contributed by atoms with E-state index >= 15 is 0 Å². The Hall–Kier alpha value is -0.0800. The second-order valence-electron chi connectivity index (χ2n) is 3.84. The molecule has 2 heteroatoms. The van der Waals surface area contributed by atoms with Crippen LogP contribution >= 0.6 is 0 Å². The lowest BCUT2D eigenvalue weighted by Gasteiger charge is -2.23. The van der Waals surface area contributed by atoms with Crippen LogP contribution in [0, 0.1) is 0 Å². The molecule has 0 spiro atoms. The first-order valence-electron chi connectivity index (χ1n) is 5.63. The van der Waals surface area contributed by atoms with Crippen LogP contribution < -0.4 is 5.32 Å². The Bertz CT molecular complexity index is 104. The van der Waals surface area contributed by atoms with Crippen LogP contribution in [0.4, 0.5) is 0 Å². The second-order valence-corrected chi connectivity index (χ2v) is 3.84. The fraction of sp³-hybridized carbons (Fsp3) is 1.00. The molecule has 0 aliphatic heterocycles. The fourth-order valence-corrected chi connectivity index (χ4v) is 1.21. The van der Waals surface area contributed by atoms with Gasteiger partial charge < -0.3 is 10.2 Å². The van der Waals surface area contributed by atoms with Crippen LogP contribution in [0.25, 0.3) is 0 Å². The van der Waals surface area contributed by atoms with E-state index in [1.54, 1.807) is 0 Å². The smallest absolute Gasteiger partial charge is 0.0107 e. The number of likely N-dealkylation sites (N-methyl/N-ethyl adjacent to an activating group) is 1. The molecule has 0 fully saturated rings. The first-order valence-corrected chi connectivity index (χ1v) is 5.63. The highest BCUT2D eigenvalue weighted by molar-refractivity contribution is 4.61. The minimum atomic E-state index is 0.716. The number of unbranched alkanes of at least 4 members (excludes halogenated alkanes) is 1. The van der Waals surface area contributed by atoms with Crippen molar-refractivity contribution in [3.8, 4) is 0 Å². The largest absolute Gasteiger partial charge is 0.315 e. The van der Waals surface area contributed by atoms with Gasteiger partial charge in [0, 0.05) is 19.1 Å². The van der Waals surface area contributed by atoms with E-state index in [4.69, 9.17) is 0 Å². The minimum absolute atomic E-state index is 0.716. The molecule has 2 nitrogen and oxygen atoms in total. The van der Waals surface area contributed by atoms with Crippen LogP contribution in [-0.4, -0.2) is 37.6 Å². The summed E-state index contributed by atoms with van der Waals surface area (Å²) in [5.74, 6) is 0. The van der Waals surface area contributed by atoms with E-state index in [0.717, 1.165) is 6.54 Å². The summed E-state index contributed by atoms with van der Waals surface area (Å²) in [6.07, 6.45) is 3.83. The maximum Gasteiger partial charge on any atom is 0.0107 e. The topological polar surface area (TPSA) is 15.3 Å². The van der Waals surface area contributed by atoms with E-state index < -0.39 is 0 Å². The van der Waals surface area contributed by atoms with Crippen molar-refractivity contribution in [3.63, 3.8) is 0 Å². The highest BCUT2D eigenvalue weighted by Crippen LogP contribution is 1.97. The van der Waals surface area contributed by atoms with Gasteiger partial charge in [0.15, 0.2) is 0 Å². The molecule has 0 bridgehead atoms. The van der Waals surface area contributed by atoms with Gasteiger partial charge in [0.1, 0.15) is 0 Å². The molecule has 0 amide bonds. The lowest BCUT2D eigenvalue weighted by Crippen LogP contribution is -2.35. The first-order chi connectivity index (χ1) is 6.22. The summed E-state index contributed by atoms with van der Waals surface area (Å²) in [6, 6.07) is 0.716. The lowest BCUT2D eigenvalue weighted by atomic mass is 10.2. The van der Waals surface area contributed by atoms with E-state index in [1.165, 1.54) is 32.4 Å². The van der Waals surface area contributed by atoms with Crippen LogP contribution in [-0.2, 0) is 0 Å². The molecular formula is C11H26N2. The number of hydrogen-bond donors (Lipinski definition) is 1. The summed E-state index contributed by atoms with van der Waals surface area (Å²) in [7, 11) is 2.20. The van der Waals surface area contributed by atoms with Crippen LogP contribution in [0.15, 0.2) is 0 Å². The third-order valence-electron chi connectivity index (χ3n) is 2.69. The van der Waals surface area contributed by atoms with Crippen molar-refractivity contribution in [2.45, 2.75) is 46.1 Å². The molecular weight excluding hydrogens is 160 g/mol. The molecule has 0 saturated heterocycles. The standard InChI is InChI=1S/C11H26N2/c1-5-7-8-12-9-10-13(4)11(3)6-2/h11-12H,5-10H2,1-4H3. The predicted molar refractivity (Wildman–Crippen MR) is 60.2 cm³/mol. The quantitative estimate of drug-likeness (QED) is 0.584. The van der Waals surface area contributed by atoms with Crippen LogP contribution in [0.1, 0.15) is 40.0 Å². The average Bonchev–Trinajstić information content (AvgIpc) is 2.16. The zero-order valence-corrected chi connectivity index (χ0v) is 9.77. The highest BCUT2D eigenvalue weighted by atomic mass is 15.1. The molecule has 0 rings (SSSR count). The molecule has 0 aliphatic rings. The molecule has 0 aromatic rings. The number of hydrogen-bond acceptors (Lipinski definition) is 2. The van der Waals surface area contributed by atoms with Crippen molar-refractivity contribution in [1.29, 1.82) is 0 Å². The van der Waals surface area contributed by atoms with Crippen molar-refractivity contribution < 1.29 is 0 Å². The Morgan fingerprint density at radius 1 is 1.23 bits per heavy atom. The molecule has 1 unspecified atom stereocenters. The third-order valence-corrected chi connectivity index (χ3v) is 2.69. The molecule has 0 aliphatic carbocycles. The SMILES string of the molecule is CCCCNCCN(C)C(C)CC. The molecule has 1 N–H and O–H groups in total. The summed E-state index contributed by atoms with van der Waals surface area (Å²) >= 11 is 0. The Morgan fingerprint density at radius 2 is 1.92 bits per heavy atom. The summed E-state index contributed by atoms with van der Waals surface area (Å²) < 4.78 is 0. The van der Waals surface area contributed by atoms with E-state index in [2.05, 4.69) is 38.0 Å². The van der Waals surface area contributed by atoms with E-state index in [9.17, 15) is 0 Å². The predicted octanol–water partition coefficient (Wildman–Crippen LogP) is 2.11. The third kappa shape index (κ3) is 7.03. The fourth-order valence-electron chi connectivity index (χ4n) is 1.21. The van der Waals surface area contributed by atoms with Crippen molar-refractivity contribution in [3.05, 3.63) is 0 Å². The van der Waals surface area contributed by atoms with E-state index in [1.807, 2.05) is 0 Å². The van der Waals surface area contributed by atoms with Crippen molar-refractivity contribution in [1.82, 2.24) is 10.2 Å². The van der Waals surface area contributed by atoms with Gasteiger partial charge in [0.2, 0.25) is 0 Å². The summed E-state index contributed by atoms with van der Waals surface area (Å²) in [5, 5.41) is 3.45. The zero-order chi connectivity index (χ0) is 10.1. The molecule has 0 heterocycles. The van der Waals surface area contributed by atoms with Gasteiger partial charge in [0.25, 0.3) is 0 Å². The van der Waals surface area contributed by atoms with Crippen molar-refractivity contribution in [2.24, 2.45) is 0 Å². The van der Waals surface area contributed by atoms with Gasteiger partial charge in [0.05, 0.1) is 0 Å². The summed E-state index contributed by atoms with van der Waals surface area (Å²) in [4.78, 5) is 2.42. The van der Waals surface area contributed by atoms with Crippen molar-refractivity contribution in [2.75, 3.05) is 26.7 Å². The Labute approximate surface area is 83.7 Å². The molecule has 0 saturated carbocycles. The molecule has 1 atom stereocenters. The van der Waals surface area contributed by atoms with E-state index in [0.29, 0.717) is 6.04 Å². The van der Waals surface area contributed by atoms with Crippen LogP contribution in [0.5, 0.6) is 0 Å². The summed E-state index contributed by atoms with van der Waals surface area (Å²) in [5.41, 5.74) is 0. The Morgan fingerprint density at radius 3 is 2.46 bits per heavy atom. The number of rotatable bonds is 8. The Balaban J connectivity index is 3.21. The van der Waals surface area contributed by atoms with Gasteiger partial charge in [-0.1, -0.05) is 20.3 Å². The number of nitrogens with one attached hydrogen (secondary N) is 1. The van der Waals surface area contributed by atoms with Crippen LogP contribution in [0.3, 0.4) is 0 Å². The molecule has 0 aromatic carbocycles. The normalized spacial score (nSPS) is 13.6. The summed E-state index contributed by atoms with van der Waals surface area (Å²) in [6.45, 7) is 10.2. The average molecular weight is 186 g/mol. The highest BCUT2D eigenvalue weighted by Gasteiger charge is 2.04. The van der Waals surface area contributed by atoms with Gasteiger partial charge in [-0.3, -0.25) is 0 Å². The van der Waals surface area contributed by atoms with Crippen LogP contribution in [0.2, 0.25) is 0 Å². The van der Waals surface area contributed by atoms with Gasteiger partial charge in [-0.15, -0.1) is 0 Å². The van der Waals surface area contributed by atoms with Gasteiger partial charge in [-0.25, -0.2) is 0 Å². The van der Waals surface area contributed by atoms with E-state index in [-0.39, 0.29) is 0 Å². The van der Waals surface area contributed by atoms with Gasteiger partial charge in [-0.05, 0) is 33.4 Å². The second kappa shape index (κ2) is 8.52. The van der Waals surface area contributed by atoms with Gasteiger partial charge >= 0.3 is 0 Å². The number of nitrogens with zero attached hydrogens (tertiary/aromatic N) is 1. The molecule has 80 valence electrons.